The maximum atomic E-state index is 13.1. The largest absolute Gasteiger partial charge is 0.507 e. The average Bonchev–Trinajstić information content (AvgIpc) is 2.68. The van der Waals surface area contributed by atoms with Gasteiger partial charge in [0.05, 0.1) is 6.42 Å². The van der Waals surface area contributed by atoms with Crippen LogP contribution in [0.1, 0.15) is 67.3 Å². The third-order valence-corrected chi connectivity index (χ3v) is 5.31. The molecule has 0 aliphatic carbocycles. The summed E-state index contributed by atoms with van der Waals surface area (Å²) in [6.07, 6.45) is 3.65. The van der Waals surface area contributed by atoms with Gasteiger partial charge in [0.25, 0.3) is 0 Å². The van der Waals surface area contributed by atoms with E-state index in [2.05, 4.69) is 0 Å². The SMILES string of the molecule is CC(C)=CCc1c(O)c(CC=C(C)C)c2c(c1O)C(=O)C[C@H](c1ccc(O)c(O)c1)O2. The molecule has 0 unspecified atom stereocenters. The summed E-state index contributed by atoms with van der Waals surface area (Å²) in [4.78, 5) is 13.1. The van der Waals surface area contributed by atoms with Crippen molar-refractivity contribution in [3.8, 4) is 28.7 Å². The number of hydrogen-bond acceptors (Lipinski definition) is 6. The number of hydrogen-bond donors (Lipinski definition) is 4. The van der Waals surface area contributed by atoms with Gasteiger partial charge in [0.1, 0.15) is 28.9 Å². The van der Waals surface area contributed by atoms with E-state index < -0.39 is 6.10 Å². The molecule has 2 aromatic rings. The number of carbonyl (C=O) groups excluding carboxylic acids is 1. The lowest BCUT2D eigenvalue weighted by Crippen LogP contribution is -2.22. The Morgan fingerprint density at radius 3 is 2.13 bits per heavy atom. The standard InChI is InChI=1S/C25H28O6/c1-13(2)5-8-16-23(29)17(9-6-14(3)4)25-22(24(16)30)20(28)12-21(31-25)15-7-10-18(26)19(27)11-15/h5-7,10-11,21,26-27,29-30H,8-9,12H2,1-4H3/t21-/m1/s1. The van der Waals surface area contributed by atoms with E-state index in [1.807, 2.05) is 39.8 Å². The lowest BCUT2D eigenvalue weighted by Gasteiger charge is -2.29. The van der Waals surface area contributed by atoms with Crippen molar-refractivity contribution in [2.24, 2.45) is 0 Å². The topological polar surface area (TPSA) is 107 Å². The molecule has 0 aromatic heterocycles. The van der Waals surface area contributed by atoms with Crippen molar-refractivity contribution in [3.63, 3.8) is 0 Å². The predicted molar refractivity (Wildman–Crippen MR) is 118 cm³/mol. The first-order valence-corrected chi connectivity index (χ1v) is 10.2. The molecule has 1 aliphatic rings. The molecule has 4 N–H and O–H groups in total. The molecule has 0 radical (unpaired) electrons. The highest BCUT2D eigenvalue weighted by Crippen LogP contribution is 2.49. The Hall–Kier alpha value is -3.41. The summed E-state index contributed by atoms with van der Waals surface area (Å²) < 4.78 is 6.11. The van der Waals surface area contributed by atoms with E-state index in [9.17, 15) is 25.2 Å². The molecule has 2 aromatic carbocycles. The minimum absolute atomic E-state index is 0.0419. The number of fused-ring (bicyclic) bond motifs is 1. The summed E-state index contributed by atoms with van der Waals surface area (Å²) >= 11 is 0. The summed E-state index contributed by atoms with van der Waals surface area (Å²) in [7, 11) is 0. The van der Waals surface area contributed by atoms with Crippen LogP contribution >= 0.6 is 0 Å². The molecule has 164 valence electrons. The van der Waals surface area contributed by atoms with Gasteiger partial charge in [-0.05, 0) is 58.2 Å². The number of benzene rings is 2. The molecule has 6 nitrogen and oxygen atoms in total. The number of phenols is 4. The van der Waals surface area contributed by atoms with Crippen LogP contribution < -0.4 is 4.74 Å². The van der Waals surface area contributed by atoms with Crippen molar-refractivity contribution < 1.29 is 30.0 Å². The fraction of sp³-hybridized carbons (Fsp3) is 0.320. The Balaban J connectivity index is 2.16. The number of allylic oxidation sites excluding steroid dienone is 4. The van der Waals surface area contributed by atoms with E-state index in [1.165, 1.54) is 12.1 Å². The maximum absolute atomic E-state index is 13.1. The van der Waals surface area contributed by atoms with Crippen LogP contribution in [0.25, 0.3) is 0 Å². The number of carbonyl (C=O) groups is 1. The van der Waals surface area contributed by atoms with E-state index >= 15 is 0 Å². The monoisotopic (exact) mass is 424 g/mol. The van der Waals surface area contributed by atoms with E-state index in [0.717, 1.165) is 11.1 Å². The predicted octanol–water partition coefficient (Wildman–Crippen LogP) is 5.23. The van der Waals surface area contributed by atoms with Gasteiger partial charge in [0.15, 0.2) is 17.3 Å². The molecular weight excluding hydrogens is 396 g/mol. The van der Waals surface area contributed by atoms with Crippen molar-refractivity contribution in [2.75, 3.05) is 0 Å². The first-order chi connectivity index (χ1) is 14.6. The van der Waals surface area contributed by atoms with Crippen LogP contribution in [-0.2, 0) is 12.8 Å². The first kappa shape index (κ1) is 22.3. The Kier molecular flexibility index (Phi) is 6.29. The van der Waals surface area contributed by atoms with E-state index in [-0.39, 0.29) is 52.9 Å². The molecule has 0 saturated heterocycles. The highest BCUT2D eigenvalue weighted by Gasteiger charge is 2.35. The second-order valence-corrected chi connectivity index (χ2v) is 8.31. The quantitative estimate of drug-likeness (QED) is 0.387. The zero-order valence-corrected chi connectivity index (χ0v) is 18.2. The normalized spacial score (nSPS) is 15.1. The van der Waals surface area contributed by atoms with Gasteiger partial charge < -0.3 is 25.2 Å². The molecule has 0 amide bonds. The van der Waals surface area contributed by atoms with Crippen LogP contribution in [0.3, 0.4) is 0 Å². The summed E-state index contributed by atoms with van der Waals surface area (Å²) in [5, 5.41) is 41.3. The smallest absolute Gasteiger partial charge is 0.174 e. The minimum Gasteiger partial charge on any atom is -0.507 e. The lowest BCUT2D eigenvalue weighted by molar-refractivity contribution is 0.0841. The fourth-order valence-electron chi connectivity index (χ4n) is 3.58. The van der Waals surface area contributed by atoms with Crippen molar-refractivity contribution in [3.05, 3.63) is 63.8 Å². The molecule has 1 aliphatic heterocycles. The summed E-state index contributed by atoms with van der Waals surface area (Å²) in [5.74, 6) is -1.09. The number of Topliss-reactive ketones (excluding diaryl/α,β-unsaturated/α-hetero) is 1. The zero-order chi connectivity index (χ0) is 22.9. The minimum atomic E-state index is -0.723. The fourth-order valence-corrected chi connectivity index (χ4v) is 3.58. The second-order valence-electron chi connectivity index (χ2n) is 8.31. The molecule has 0 saturated carbocycles. The van der Waals surface area contributed by atoms with Crippen molar-refractivity contribution in [1.82, 2.24) is 0 Å². The van der Waals surface area contributed by atoms with Crippen LogP contribution in [0, 0.1) is 0 Å². The first-order valence-electron chi connectivity index (χ1n) is 10.2. The molecule has 0 bridgehead atoms. The molecule has 31 heavy (non-hydrogen) atoms. The van der Waals surface area contributed by atoms with E-state index in [4.69, 9.17) is 4.74 Å². The number of ketones is 1. The van der Waals surface area contributed by atoms with Crippen LogP contribution in [-0.4, -0.2) is 26.2 Å². The molecular formula is C25H28O6. The highest BCUT2D eigenvalue weighted by molar-refractivity contribution is 6.04. The van der Waals surface area contributed by atoms with Crippen molar-refractivity contribution in [1.29, 1.82) is 0 Å². The van der Waals surface area contributed by atoms with E-state index in [1.54, 1.807) is 6.07 Å². The van der Waals surface area contributed by atoms with Crippen LogP contribution in [0.5, 0.6) is 28.7 Å². The highest BCUT2D eigenvalue weighted by atomic mass is 16.5. The number of phenolic OH excluding ortho intramolecular Hbond substituents is 4. The molecule has 1 atom stereocenters. The van der Waals surface area contributed by atoms with Gasteiger partial charge >= 0.3 is 0 Å². The number of aromatic hydroxyl groups is 4. The number of ether oxygens (including phenoxy) is 1. The van der Waals surface area contributed by atoms with Gasteiger partial charge in [-0.2, -0.15) is 0 Å². The molecule has 1 heterocycles. The Labute approximate surface area is 181 Å². The second kappa shape index (κ2) is 8.76. The third-order valence-electron chi connectivity index (χ3n) is 5.31. The number of rotatable bonds is 5. The molecule has 3 rings (SSSR count). The Bertz CT molecular complexity index is 1090. The van der Waals surface area contributed by atoms with E-state index in [0.29, 0.717) is 23.1 Å². The molecule has 6 heteroatoms. The maximum Gasteiger partial charge on any atom is 0.174 e. The van der Waals surface area contributed by atoms with Crippen molar-refractivity contribution >= 4 is 5.78 Å². The Morgan fingerprint density at radius 1 is 0.935 bits per heavy atom. The van der Waals surface area contributed by atoms with Gasteiger partial charge in [0, 0.05) is 11.1 Å². The molecule has 0 spiro atoms. The van der Waals surface area contributed by atoms with Crippen LogP contribution in [0.4, 0.5) is 0 Å². The average molecular weight is 424 g/mol. The summed E-state index contributed by atoms with van der Waals surface area (Å²) in [5.41, 5.74) is 3.38. The van der Waals surface area contributed by atoms with Crippen LogP contribution in [0.2, 0.25) is 0 Å². The lowest BCUT2D eigenvalue weighted by atomic mass is 9.89. The summed E-state index contributed by atoms with van der Waals surface area (Å²) in [6, 6.07) is 4.24. The van der Waals surface area contributed by atoms with Gasteiger partial charge in [-0.3, -0.25) is 4.79 Å². The zero-order valence-electron chi connectivity index (χ0n) is 18.2. The Morgan fingerprint density at radius 2 is 1.55 bits per heavy atom. The summed E-state index contributed by atoms with van der Waals surface area (Å²) in [6.45, 7) is 7.70. The van der Waals surface area contributed by atoms with Gasteiger partial charge in [0.2, 0.25) is 0 Å². The third kappa shape index (κ3) is 4.53. The van der Waals surface area contributed by atoms with Gasteiger partial charge in [-0.25, -0.2) is 0 Å². The van der Waals surface area contributed by atoms with Gasteiger partial charge in [-0.15, -0.1) is 0 Å². The van der Waals surface area contributed by atoms with Crippen LogP contribution in [0.15, 0.2) is 41.5 Å². The molecule has 0 fully saturated rings. The van der Waals surface area contributed by atoms with Crippen molar-refractivity contribution in [2.45, 2.75) is 53.1 Å². The van der Waals surface area contributed by atoms with Gasteiger partial charge in [-0.1, -0.05) is 29.4 Å².